The zero-order valence-corrected chi connectivity index (χ0v) is 10.1. The van der Waals surface area contributed by atoms with Gasteiger partial charge in [-0.15, -0.1) is 0 Å². The molecule has 0 amide bonds. The number of benzene rings is 1. The maximum absolute atomic E-state index is 11.9. The lowest BCUT2D eigenvalue weighted by molar-refractivity contribution is 0.0936. The van der Waals surface area contributed by atoms with Gasteiger partial charge in [0.1, 0.15) is 0 Å². The molecule has 0 radical (unpaired) electrons. The van der Waals surface area contributed by atoms with E-state index >= 15 is 0 Å². The van der Waals surface area contributed by atoms with Crippen molar-refractivity contribution in [2.75, 3.05) is 19.0 Å². The molecule has 0 aliphatic heterocycles. The lowest BCUT2D eigenvalue weighted by Gasteiger charge is -2.24. The van der Waals surface area contributed by atoms with Gasteiger partial charge in [0.2, 0.25) is 0 Å². The van der Waals surface area contributed by atoms with Gasteiger partial charge in [-0.1, -0.05) is 19.3 Å². The van der Waals surface area contributed by atoms with Gasteiger partial charge in [-0.3, -0.25) is 4.79 Å². The van der Waals surface area contributed by atoms with Crippen LogP contribution in [0.1, 0.15) is 36.0 Å². The Morgan fingerprint density at radius 1 is 1.25 bits per heavy atom. The normalized spacial score (nSPS) is 15.6. The summed E-state index contributed by atoms with van der Waals surface area (Å²) in [5.74, 6) is 0.955. The van der Waals surface area contributed by atoms with Gasteiger partial charge in [0.25, 0.3) is 0 Å². The number of nitrogens with zero attached hydrogens (tertiary/aromatic N) is 1. The number of carbonyl (C=O) groups excluding carboxylic acids is 1. The third-order valence-electron chi connectivity index (χ3n) is 3.40. The van der Waals surface area contributed by atoms with Crippen LogP contribution in [-0.2, 0) is 0 Å². The molecule has 86 valence electrons. The van der Waals surface area contributed by atoms with Crippen LogP contribution >= 0.6 is 0 Å². The first-order chi connectivity index (χ1) is 7.66. The summed E-state index contributed by atoms with van der Waals surface area (Å²) in [4.78, 5) is 14.0. The van der Waals surface area contributed by atoms with E-state index < -0.39 is 0 Å². The molecule has 0 N–H and O–H groups in total. The predicted octanol–water partition coefficient (Wildman–Crippen LogP) is 3.13. The van der Waals surface area contributed by atoms with Gasteiger partial charge in [0, 0.05) is 31.8 Å². The van der Waals surface area contributed by atoms with Crippen LogP contribution in [0.25, 0.3) is 0 Å². The number of ketones is 1. The second-order valence-electron chi connectivity index (χ2n) is 4.87. The number of hydrogen-bond acceptors (Lipinski definition) is 2. The van der Waals surface area contributed by atoms with Gasteiger partial charge >= 0.3 is 0 Å². The minimum Gasteiger partial charge on any atom is -0.378 e. The van der Waals surface area contributed by atoms with Gasteiger partial charge in [-0.25, -0.2) is 0 Å². The zero-order chi connectivity index (χ0) is 11.5. The lowest BCUT2D eigenvalue weighted by Crippen LogP contribution is -2.16. The first kappa shape index (κ1) is 11.2. The Balaban J connectivity index is 2.00. The highest BCUT2D eigenvalue weighted by Crippen LogP contribution is 2.30. The van der Waals surface area contributed by atoms with E-state index in [0.717, 1.165) is 17.7 Å². The molecular weight excluding hydrogens is 198 g/mol. The van der Waals surface area contributed by atoms with Crippen LogP contribution in [0, 0.1) is 5.92 Å². The molecule has 0 atom stereocenters. The van der Waals surface area contributed by atoms with Crippen molar-refractivity contribution in [3.63, 3.8) is 0 Å². The van der Waals surface area contributed by atoms with Crippen LogP contribution < -0.4 is 4.90 Å². The van der Waals surface area contributed by atoms with E-state index in [0.29, 0.717) is 11.7 Å². The first-order valence-electron chi connectivity index (χ1n) is 5.97. The van der Waals surface area contributed by atoms with Gasteiger partial charge in [0.05, 0.1) is 0 Å². The fourth-order valence-corrected chi connectivity index (χ4v) is 2.02. The van der Waals surface area contributed by atoms with E-state index in [1.54, 1.807) is 0 Å². The summed E-state index contributed by atoms with van der Waals surface area (Å²) < 4.78 is 0. The molecule has 1 aliphatic rings. The van der Waals surface area contributed by atoms with E-state index in [4.69, 9.17) is 0 Å². The second kappa shape index (κ2) is 4.69. The topological polar surface area (TPSA) is 20.3 Å². The van der Waals surface area contributed by atoms with Crippen molar-refractivity contribution in [3.8, 4) is 0 Å². The van der Waals surface area contributed by atoms with Gasteiger partial charge in [-0.05, 0) is 30.2 Å². The predicted molar refractivity (Wildman–Crippen MR) is 67.1 cm³/mol. The fraction of sp³-hybridized carbons (Fsp3) is 0.500. The minimum atomic E-state index is 0.301. The summed E-state index contributed by atoms with van der Waals surface area (Å²) in [6, 6.07) is 7.90. The number of anilines is 1. The molecule has 0 aromatic heterocycles. The average Bonchev–Trinajstić information content (AvgIpc) is 2.23. The molecule has 1 aromatic rings. The molecule has 0 spiro atoms. The van der Waals surface area contributed by atoms with E-state index in [1.165, 1.54) is 19.3 Å². The molecule has 0 saturated heterocycles. The Labute approximate surface area is 97.3 Å². The van der Waals surface area contributed by atoms with Crippen LogP contribution in [0.5, 0.6) is 0 Å². The molecule has 1 aromatic carbocycles. The van der Waals surface area contributed by atoms with E-state index in [-0.39, 0.29) is 0 Å². The summed E-state index contributed by atoms with van der Waals surface area (Å²) in [7, 11) is 4.01. The Hall–Kier alpha value is -1.31. The summed E-state index contributed by atoms with van der Waals surface area (Å²) in [6.45, 7) is 0. The van der Waals surface area contributed by atoms with Crippen LogP contribution in [0.15, 0.2) is 24.3 Å². The molecule has 2 rings (SSSR count). The van der Waals surface area contributed by atoms with Crippen LogP contribution in [0.3, 0.4) is 0 Å². The van der Waals surface area contributed by atoms with Crippen molar-refractivity contribution in [2.24, 2.45) is 5.92 Å². The number of carbonyl (C=O) groups is 1. The van der Waals surface area contributed by atoms with Gasteiger partial charge in [-0.2, -0.15) is 0 Å². The highest BCUT2D eigenvalue weighted by molar-refractivity contribution is 5.96. The maximum Gasteiger partial charge on any atom is 0.163 e. The Morgan fingerprint density at radius 2 is 1.88 bits per heavy atom. The van der Waals surface area contributed by atoms with Crippen molar-refractivity contribution in [3.05, 3.63) is 29.8 Å². The second-order valence-corrected chi connectivity index (χ2v) is 4.87. The van der Waals surface area contributed by atoms with Gasteiger partial charge < -0.3 is 4.90 Å². The van der Waals surface area contributed by atoms with Crippen molar-refractivity contribution < 1.29 is 4.79 Å². The minimum absolute atomic E-state index is 0.301. The highest BCUT2D eigenvalue weighted by Gasteiger charge is 2.21. The van der Waals surface area contributed by atoms with Crippen LogP contribution in [0.4, 0.5) is 5.69 Å². The molecular formula is C14H19NO. The molecule has 2 heteroatoms. The van der Waals surface area contributed by atoms with E-state index in [1.807, 2.05) is 43.3 Å². The van der Waals surface area contributed by atoms with Crippen molar-refractivity contribution >= 4 is 11.5 Å². The Bertz CT molecular complexity index is 363. The largest absolute Gasteiger partial charge is 0.378 e. The average molecular weight is 217 g/mol. The van der Waals surface area contributed by atoms with Crippen LogP contribution in [0.2, 0.25) is 0 Å². The van der Waals surface area contributed by atoms with Crippen LogP contribution in [-0.4, -0.2) is 19.9 Å². The monoisotopic (exact) mass is 217 g/mol. The highest BCUT2D eigenvalue weighted by atomic mass is 16.1. The number of Topliss-reactive ketones (excluding diaryl/α,β-unsaturated/α-hetero) is 1. The first-order valence-corrected chi connectivity index (χ1v) is 5.97. The van der Waals surface area contributed by atoms with Crippen molar-refractivity contribution in [1.82, 2.24) is 0 Å². The lowest BCUT2D eigenvalue weighted by atomic mass is 9.81. The van der Waals surface area contributed by atoms with E-state index in [9.17, 15) is 4.79 Å². The maximum atomic E-state index is 11.9. The number of hydrogen-bond donors (Lipinski definition) is 0. The third-order valence-corrected chi connectivity index (χ3v) is 3.40. The molecule has 0 bridgehead atoms. The molecule has 0 heterocycles. The SMILES string of the molecule is CN(C)c1ccc(C(=O)CC2CCC2)cc1. The third kappa shape index (κ3) is 2.43. The van der Waals surface area contributed by atoms with Gasteiger partial charge in [0.15, 0.2) is 5.78 Å². The molecule has 1 fully saturated rings. The fourth-order valence-electron chi connectivity index (χ4n) is 2.02. The quantitative estimate of drug-likeness (QED) is 0.722. The Morgan fingerprint density at radius 3 is 2.31 bits per heavy atom. The summed E-state index contributed by atoms with van der Waals surface area (Å²) >= 11 is 0. The molecule has 2 nitrogen and oxygen atoms in total. The molecule has 1 saturated carbocycles. The smallest absolute Gasteiger partial charge is 0.163 e. The molecule has 1 aliphatic carbocycles. The van der Waals surface area contributed by atoms with E-state index in [2.05, 4.69) is 0 Å². The Kier molecular flexibility index (Phi) is 3.28. The summed E-state index contributed by atoms with van der Waals surface area (Å²) in [5.41, 5.74) is 2.00. The zero-order valence-electron chi connectivity index (χ0n) is 10.1. The summed E-state index contributed by atoms with van der Waals surface area (Å²) in [6.07, 6.45) is 4.52. The number of rotatable bonds is 4. The van der Waals surface area contributed by atoms with Crippen molar-refractivity contribution in [2.45, 2.75) is 25.7 Å². The van der Waals surface area contributed by atoms with Crippen molar-refractivity contribution in [1.29, 1.82) is 0 Å². The standard InChI is InChI=1S/C14H19NO/c1-15(2)13-8-6-12(7-9-13)14(16)10-11-4-3-5-11/h6-9,11H,3-5,10H2,1-2H3. The summed E-state index contributed by atoms with van der Waals surface area (Å²) in [5, 5.41) is 0. The molecule has 16 heavy (non-hydrogen) atoms. The molecule has 0 unspecified atom stereocenters.